The molecule has 0 aliphatic heterocycles. The van der Waals surface area contributed by atoms with Crippen LogP contribution in [0.2, 0.25) is 0 Å². The van der Waals surface area contributed by atoms with E-state index in [9.17, 15) is 0 Å². The predicted molar refractivity (Wildman–Crippen MR) is 173 cm³/mol. The van der Waals surface area contributed by atoms with Crippen molar-refractivity contribution in [2.45, 2.75) is 5.41 Å². The van der Waals surface area contributed by atoms with Crippen LogP contribution in [0.15, 0.2) is 146 Å². The van der Waals surface area contributed by atoms with Crippen LogP contribution >= 0.6 is 11.3 Å². The van der Waals surface area contributed by atoms with E-state index in [-0.39, 0.29) is 5.41 Å². The third-order valence-electron chi connectivity index (χ3n) is 8.91. The van der Waals surface area contributed by atoms with Crippen LogP contribution in [0.5, 0.6) is 0 Å². The molecule has 3 heteroatoms. The van der Waals surface area contributed by atoms with Crippen molar-refractivity contribution in [3.8, 4) is 54.5 Å². The minimum absolute atomic E-state index is 0.324. The summed E-state index contributed by atoms with van der Waals surface area (Å²) in [6, 6.07) is 52.9. The lowest BCUT2D eigenvalue weighted by Gasteiger charge is -2.30. The van der Waals surface area contributed by atoms with E-state index >= 15 is 0 Å². The molecule has 0 bridgehead atoms. The van der Waals surface area contributed by atoms with Crippen molar-refractivity contribution < 1.29 is 0 Å². The number of nitrogens with zero attached hydrogens (tertiary/aromatic N) is 2. The van der Waals surface area contributed by atoms with Crippen molar-refractivity contribution in [2.24, 2.45) is 0 Å². The van der Waals surface area contributed by atoms with Crippen LogP contribution < -0.4 is 0 Å². The van der Waals surface area contributed by atoms with E-state index in [1.54, 1.807) is 11.3 Å². The van der Waals surface area contributed by atoms with Gasteiger partial charge in [0.25, 0.3) is 0 Å². The molecule has 2 aliphatic rings. The van der Waals surface area contributed by atoms with E-state index in [1.807, 2.05) is 18.2 Å². The van der Waals surface area contributed by atoms with Crippen molar-refractivity contribution in [1.29, 1.82) is 0 Å². The molecule has 0 N–H and O–H groups in total. The standard InChI is InChI=1S/C39H24N2S/c1-2-10-26(11-3-1)37-40-41-38(42-37)27-20-18-25(19-21-27)28-22-23-32-31-14-6-9-17-35(31)39(36(32)24-28)33-15-7-4-12-29(33)30-13-5-8-16-34(30)39/h1-24H. The summed E-state index contributed by atoms with van der Waals surface area (Å²) >= 11 is 1.63. The summed E-state index contributed by atoms with van der Waals surface area (Å²) in [6.45, 7) is 0. The Morgan fingerprint density at radius 1 is 0.357 bits per heavy atom. The molecule has 196 valence electrons. The van der Waals surface area contributed by atoms with Crippen LogP contribution in [-0.4, -0.2) is 10.2 Å². The van der Waals surface area contributed by atoms with Crippen LogP contribution in [0.3, 0.4) is 0 Å². The van der Waals surface area contributed by atoms with Gasteiger partial charge in [0.1, 0.15) is 10.0 Å². The molecular weight excluding hydrogens is 529 g/mol. The first-order chi connectivity index (χ1) is 20.8. The lowest BCUT2D eigenvalue weighted by Crippen LogP contribution is -2.25. The summed E-state index contributed by atoms with van der Waals surface area (Å²) in [4.78, 5) is 0. The average molecular weight is 553 g/mol. The molecule has 9 rings (SSSR count). The first-order valence-corrected chi connectivity index (χ1v) is 15.1. The molecule has 7 aromatic rings. The fourth-order valence-corrected chi connectivity index (χ4v) is 7.97. The average Bonchev–Trinajstić information content (AvgIpc) is 3.75. The summed E-state index contributed by atoms with van der Waals surface area (Å²) < 4.78 is 0. The zero-order valence-corrected chi connectivity index (χ0v) is 23.5. The minimum Gasteiger partial charge on any atom is -0.138 e. The van der Waals surface area contributed by atoms with Crippen molar-refractivity contribution in [1.82, 2.24) is 10.2 Å². The monoisotopic (exact) mass is 552 g/mol. The lowest BCUT2D eigenvalue weighted by atomic mass is 9.70. The maximum absolute atomic E-state index is 4.49. The normalized spacial score (nSPS) is 13.4. The van der Waals surface area contributed by atoms with E-state index in [4.69, 9.17) is 0 Å². The van der Waals surface area contributed by atoms with Gasteiger partial charge in [0.2, 0.25) is 0 Å². The van der Waals surface area contributed by atoms with Gasteiger partial charge in [-0.2, -0.15) is 0 Å². The highest BCUT2D eigenvalue weighted by molar-refractivity contribution is 7.17. The van der Waals surface area contributed by atoms with Crippen molar-refractivity contribution in [2.75, 3.05) is 0 Å². The van der Waals surface area contributed by atoms with Gasteiger partial charge in [0, 0.05) is 11.1 Å². The van der Waals surface area contributed by atoms with Gasteiger partial charge in [-0.05, 0) is 61.7 Å². The second kappa shape index (κ2) is 8.94. The van der Waals surface area contributed by atoms with Gasteiger partial charge < -0.3 is 0 Å². The Morgan fingerprint density at radius 2 is 0.786 bits per heavy atom. The Bertz CT molecular complexity index is 2080. The van der Waals surface area contributed by atoms with Gasteiger partial charge >= 0.3 is 0 Å². The van der Waals surface area contributed by atoms with Crippen LogP contribution in [0, 0.1) is 0 Å². The van der Waals surface area contributed by atoms with Gasteiger partial charge in [0.15, 0.2) is 0 Å². The van der Waals surface area contributed by atoms with E-state index in [0.717, 1.165) is 21.1 Å². The Morgan fingerprint density at radius 3 is 1.36 bits per heavy atom. The second-order valence-corrected chi connectivity index (χ2v) is 12.0. The topological polar surface area (TPSA) is 25.8 Å². The summed E-state index contributed by atoms with van der Waals surface area (Å²) in [6.07, 6.45) is 0. The minimum atomic E-state index is -0.324. The molecule has 6 aromatic carbocycles. The zero-order valence-electron chi connectivity index (χ0n) is 22.7. The fourth-order valence-electron chi connectivity index (χ4n) is 7.12. The summed E-state index contributed by atoms with van der Waals surface area (Å²) in [5.41, 5.74) is 15.1. The molecule has 1 aromatic heterocycles. The molecule has 0 saturated carbocycles. The Kier molecular flexibility index (Phi) is 5.02. The lowest BCUT2D eigenvalue weighted by molar-refractivity contribution is 0.794. The third-order valence-corrected chi connectivity index (χ3v) is 9.93. The molecule has 0 atom stereocenters. The molecule has 0 amide bonds. The first kappa shape index (κ1) is 23.6. The molecule has 2 aliphatic carbocycles. The van der Waals surface area contributed by atoms with Crippen molar-refractivity contribution in [3.63, 3.8) is 0 Å². The molecule has 0 radical (unpaired) electrons. The smallest absolute Gasteiger partial charge is 0.138 e. The Balaban J connectivity index is 1.18. The first-order valence-electron chi connectivity index (χ1n) is 14.3. The van der Waals surface area contributed by atoms with Crippen LogP contribution in [0.25, 0.3) is 54.5 Å². The van der Waals surface area contributed by atoms with E-state index in [0.29, 0.717) is 0 Å². The van der Waals surface area contributed by atoms with Gasteiger partial charge in [-0.3, -0.25) is 0 Å². The number of aromatic nitrogens is 2. The largest absolute Gasteiger partial charge is 0.148 e. The number of rotatable bonds is 3. The molecule has 1 spiro atoms. The molecule has 1 heterocycles. The molecular formula is C39H24N2S. The highest BCUT2D eigenvalue weighted by atomic mass is 32.1. The summed E-state index contributed by atoms with van der Waals surface area (Å²) in [7, 11) is 0. The van der Waals surface area contributed by atoms with Gasteiger partial charge in [0.05, 0.1) is 5.41 Å². The SMILES string of the molecule is c1ccc(-c2nnc(-c3ccc(-c4ccc5c(c4)C4(c6ccccc6-c6ccccc64)c4ccccc4-5)cc3)s2)cc1. The highest BCUT2D eigenvalue weighted by Crippen LogP contribution is 2.62. The van der Waals surface area contributed by atoms with E-state index in [1.165, 1.54) is 55.6 Å². The predicted octanol–water partition coefficient (Wildman–Crippen LogP) is 9.88. The van der Waals surface area contributed by atoms with E-state index < -0.39 is 0 Å². The fraction of sp³-hybridized carbons (Fsp3) is 0.0256. The highest BCUT2D eigenvalue weighted by Gasteiger charge is 2.51. The second-order valence-electron chi connectivity index (χ2n) is 11.0. The quantitative estimate of drug-likeness (QED) is 0.218. The Labute approximate surface area is 248 Å². The van der Waals surface area contributed by atoms with Gasteiger partial charge in [-0.15, -0.1) is 10.2 Å². The van der Waals surface area contributed by atoms with Crippen molar-refractivity contribution >= 4 is 11.3 Å². The van der Waals surface area contributed by atoms with Crippen molar-refractivity contribution in [3.05, 3.63) is 168 Å². The molecule has 2 nitrogen and oxygen atoms in total. The molecule has 42 heavy (non-hydrogen) atoms. The maximum atomic E-state index is 4.49. The zero-order chi connectivity index (χ0) is 27.7. The van der Waals surface area contributed by atoms with E-state index in [2.05, 4.69) is 138 Å². The summed E-state index contributed by atoms with van der Waals surface area (Å²) in [5, 5.41) is 10.8. The van der Waals surface area contributed by atoms with Crippen LogP contribution in [0.4, 0.5) is 0 Å². The maximum Gasteiger partial charge on any atom is 0.148 e. The number of hydrogen-bond donors (Lipinski definition) is 0. The van der Waals surface area contributed by atoms with Crippen LogP contribution in [-0.2, 0) is 5.41 Å². The Hall–Kier alpha value is -5.12. The third kappa shape index (κ3) is 3.20. The number of fused-ring (bicyclic) bond motifs is 10. The summed E-state index contributed by atoms with van der Waals surface area (Å²) in [5.74, 6) is 0. The molecule has 0 unspecified atom stereocenters. The van der Waals surface area contributed by atoms with Gasteiger partial charge in [-0.25, -0.2) is 0 Å². The van der Waals surface area contributed by atoms with Gasteiger partial charge in [-0.1, -0.05) is 151 Å². The molecule has 0 saturated heterocycles. The number of hydrogen-bond acceptors (Lipinski definition) is 3. The number of benzene rings is 6. The van der Waals surface area contributed by atoms with Crippen LogP contribution in [0.1, 0.15) is 22.3 Å². The molecule has 0 fully saturated rings.